The van der Waals surface area contributed by atoms with Gasteiger partial charge in [0.2, 0.25) is 0 Å². The largest absolute Gasteiger partial charge is 0.370 e. The molecule has 4 rings (SSSR count). The van der Waals surface area contributed by atoms with Gasteiger partial charge in [0.25, 0.3) is 0 Å². The normalized spacial score (nSPS) is 18.1. The zero-order valence-corrected chi connectivity index (χ0v) is 13.4. The van der Waals surface area contributed by atoms with Gasteiger partial charge in [0.05, 0.1) is 23.3 Å². The van der Waals surface area contributed by atoms with Crippen molar-refractivity contribution in [3.63, 3.8) is 0 Å². The van der Waals surface area contributed by atoms with E-state index in [1.165, 1.54) is 12.1 Å². The van der Waals surface area contributed by atoms with E-state index in [2.05, 4.69) is 9.88 Å². The average Bonchev–Trinajstić information content (AvgIpc) is 2.62. The van der Waals surface area contributed by atoms with Crippen molar-refractivity contribution in [3.05, 3.63) is 65.6 Å². The first-order valence-electron chi connectivity index (χ1n) is 8.06. The zero-order chi connectivity index (χ0) is 16.5. The van der Waals surface area contributed by atoms with Gasteiger partial charge in [0.15, 0.2) is 5.82 Å². The number of halogens is 1. The van der Waals surface area contributed by atoms with Crippen LogP contribution in [0, 0.1) is 12.7 Å². The van der Waals surface area contributed by atoms with Gasteiger partial charge in [0.1, 0.15) is 11.9 Å². The van der Waals surface area contributed by atoms with Crippen LogP contribution in [0.2, 0.25) is 0 Å². The molecule has 3 aromatic rings. The van der Waals surface area contributed by atoms with Crippen LogP contribution in [0.25, 0.3) is 11.0 Å². The van der Waals surface area contributed by atoms with E-state index in [1.807, 2.05) is 31.2 Å². The molecule has 0 saturated carbocycles. The van der Waals surface area contributed by atoms with E-state index < -0.39 is 0 Å². The summed E-state index contributed by atoms with van der Waals surface area (Å²) in [5, 5.41) is 0. The number of aryl methyl sites for hydroxylation is 1. The first-order valence-corrected chi connectivity index (χ1v) is 8.06. The van der Waals surface area contributed by atoms with Crippen LogP contribution in [0.15, 0.2) is 48.5 Å². The predicted molar refractivity (Wildman–Crippen MR) is 91.6 cm³/mol. The molecule has 1 atom stereocenters. The van der Waals surface area contributed by atoms with Crippen LogP contribution in [0.3, 0.4) is 0 Å². The van der Waals surface area contributed by atoms with Crippen LogP contribution >= 0.6 is 0 Å². The molecule has 1 unspecified atom stereocenters. The molecule has 1 saturated heterocycles. The van der Waals surface area contributed by atoms with Crippen LogP contribution < -0.4 is 4.90 Å². The number of anilines is 1. The third-order valence-electron chi connectivity index (χ3n) is 4.33. The average molecular weight is 323 g/mol. The third kappa shape index (κ3) is 2.83. The van der Waals surface area contributed by atoms with Crippen LogP contribution in [0.5, 0.6) is 0 Å². The second kappa shape index (κ2) is 6.17. The highest BCUT2D eigenvalue weighted by atomic mass is 19.1. The molecule has 122 valence electrons. The van der Waals surface area contributed by atoms with Crippen molar-refractivity contribution < 1.29 is 9.13 Å². The summed E-state index contributed by atoms with van der Waals surface area (Å²) in [6.07, 6.45) is -0.0907. The summed E-state index contributed by atoms with van der Waals surface area (Å²) in [5.41, 5.74) is 3.69. The fraction of sp³-hybridized carbons (Fsp3) is 0.263. The molecule has 1 aliphatic rings. The van der Waals surface area contributed by atoms with Crippen LogP contribution in [0.1, 0.15) is 17.4 Å². The highest BCUT2D eigenvalue weighted by Gasteiger charge is 2.24. The quantitative estimate of drug-likeness (QED) is 0.721. The van der Waals surface area contributed by atoms with Crippen molar-refractivity contribution in [2.75, 3.05) is 24.6 Å². The molecule has 5 heteroatoms. The summed E-state index contributed by atoms with van der Waals surface area (Å²) in [5.74, 6) is 0.659. The Bertz CT molecular complexity index is 866. The van der Waals surface area contributed by atoms with E-state index in [-0.39, 0.29) is 11.9 Å². The van der Waals surface area contributed by atoms with Gasteiger partial charge in [-0.2, -0.15) is 0 Å². The maximum atomic E-state index is 13.1. The molecule has 1 aliphatic heterocycles. The van der Waals surface area contributed by atoms with Crippen LogP contribution in [-0.2, 0) is 4.74 Å². The smallest absolute Gasteiger partial charge is 0.150 e. The van der Waals surface area contributed by atoms with E-state index in [0.717, 1.165) is 34.7 Å². The topological polar surface area (TPSA) is 38.2 Å². The number of morpholine rings is 1. The van der Waals surface area contributed by atoms with E-state index in [4.69, 9.17) is 9.72 Å². The number of hydrogen-bond donors (Lipinski definition) is 0. The predicted octanol–water partition coefficient (Wildman–Crippen LogP) is 3.66. The van der Waals surface area contributed by atoms with Crippen molar-refractivity contribution in [2.45, 2.75) is 13.0 Å². The number of aromatic nitrogens is 2. The molecule has 4 nitrogen and oxygen atoms in total. The first-order chi connectivity index (χ1) is 11.7. The molecule has 1 aromatic heterocycles. The van der Waals surface area contributed by atoms with Crippen molar-refractivity contribution >= 4 is 16.9 Å². The molecular formula is C19H18FN3O. The standard InChI is InChI=1S/C19H18FN3O/c1-13-19(22-17-5-3-2-4-16(17)21-13)23-10-11-24-18(12-23)14-6-8-15(20)9-7-14/h2-9,18H,10-12H2,1H3. The maximum Gasteiger partial charge on any atom is 0.150 e. The van der Waals surface area contributed by atoms with Gasteiger partial charge < -0.3 is 9.64 Å². The lowest BCUT2D eigenvalue weighted by atomic mass is 10.1. The second-order valence-electron chi connectivity index (χ2n) is 5.98. The minimum atomic E-state index is -0.234. The molecule has 0 spiro atoms. The molecule has 1 fully saturated rings. The number of para-hydroxylation sites is 2. The Kier molecular flexibility index (Phi) is 3.86. The Morgan fingerprint density at radius 1 is 1.04 bits per heavy atom. The molecular weight excluding hydrogens is 305 g/mol. The van der Waals surface area contributed by atoms with Crippen LogP contribution in [-0.4, -0.2) is 29.7 Å². The summed E-state index contributed by atoms with van der Waals surface area (Å²) < 4.78 is 19.0. The van der Waals surface area contributed by atoms with Crippen molar-refractivity contribution in [3.8, 4) is 0 Å². The number of ether oxygens (including phenoxy) is 1. The Balaban J connectivity index is 1.64. The number of hydrogen-bond acceptors (Lipinski definition) is 4. The highest BCUT2D eigenvalue weighted by Crippen LogP contribution is 2.27. The van der Waals surface area contributed by atoms with Gasteiger partial charge in [-0.15, -0.1) is 0 Å². The fourth-order valence-electron chi connectivity index (χ4n) is 3.10. The van der Waals surface area contributed by atoms with E-state index in [1.54, 1.807) is 12.1 Å². The maximum absolute atomic E-state index is 13.1. The third-order valence-corrected chi connectivity index (χ3v) is 4.33. The molecule has 0 radical (unpaired) electrons. The number of benzene rings is 2. The van der Waals surface area contributed by atoms with Crippen molar-refractivity contribution in [1.82, 2.24) is 9.97 Å². The fourth-order valence-corrected chi connectivity index (χ4v) is 3.10. The molecule has 24 heavy (non-hydrogen) atoms. The van der Waals surface area contributed by atoms with Gasteiger partial charge in [0, 0.05) is 13.1 Å². The van der Waals surface area contributed by atoms with Crippen molar-refractivity contribution in [2.24, 2.45) is 0 Å². The SMILES string of the molecule is Cc1nc2ccccc2nc1N1CCOC(c2ccc(F)cc2)C1. The lowest BCUT2D eigenvalue weighted by Crippen LogP contribution is -2.39. The van der Waals surface area contributed by atoms with E-state index in [9.17, 15) is 4.39 Å². The Morgan fingerprint density at radius 2 is 1.75 bits per heavy atom. The minimum Gasteiger partial charge on any atom is -0.370 e. The monoisotopic (exact) mass is 323 g/mol. The minimum absolute atomic E-state index is 0.0907. The van der Waals surface area contributed by atoms with Crippen LogP contribution in [0.4, 0.5) is 10.2 Å². The lowest BCUT2D eigenvalue weighted by Gasteiger charge is -2.34. The molecule has 0 amide bonds. The van der Waals surface area contributed by atoms with Gasteiger partial charge in [-0.3, -0.25) is 0 Å². The molecule has 0 N–H and O–H groups in total. The summed E-state index contributed by atoms with van der Waals surface area (Å²) in [4.78, 5) is 11.7. The lowest BCUT2D eigenvalue weighted by molar-refractivity contribution is 0.0394. The van der Waals surface area contributed by atoms with E-state index in [0.29, 0.717) is 13.2 Å². The van der Waals surface area contributed by atoms with Gasteiger partial charge in [-0.05, 0) is 36.8 Å². The second-order valence-corrected chi connectivity index (χ2v) is 5.98. The Labute approximate surface area is 139 Å². The Morgan fingerprint density at radius 3 is 2.50 bits per heavy atom. The molecule has 0 bridgehead atoms. The number of rotatable bonds is 2. The highest BCUT2D eigenvalue weighted by molar-refractivity contribution is 5.76. The molecule has 2 heterocycles. The molecule has 0 aliphatic carbocycles. The molecule has 2 aromatic carbocycles. The van der Waals surface area contributed by atoms with Crippen molar-refractivity contribution in [1.29, 1.82) is 0 Å². The number of nitrogens with zero attached hydrogens (tertiary/aromatic N) is 3. The van der Waals surface area contributed by atoms with Gasteiger partial charge >= 0.3 is 0 Å². The summed E-state index contributed by atoms with van der Waals surface area (Å²) in [6, 6.07) is 14.4. The summed E-state index contributed by atoms with van der Waals surface area (Å²) in [6.45, 7) is 4.04. The van der Waals surface area contributed by atoms with Gasteiger partial charge in [-0.1, -0.05) is 24.3 Å². The summed E-state index contributed by atoms with van der Waals surface area (Å²) in [7, 11) is 0. The van der Waals surface area contributed by atoms with Gasteiger partial charge in [-0.25, -0.2) is 14.4 Å². The first kappa shape index (κ1) is 15.0. The number of fused-ring (bicyclic) bond motifs is 1. The Hall–Kier alpha value is -2.53. The van der Waals surface area contributed by atoms with E-state index >= 15 is 0 Å². The summed E-state index contributed by atoms with van der Waals surface area (Å²) >= 11 is 0. The zero-order valence-electron chi connectivity index (χ0n) is 13.4.